The average molecular weight is 448 g/mol. The number of benzene rings is 1. The lowest BCUT2D eigenvalue weighted by Gasteiger charge is -2.30. The Kier molecular flexibility index (Phi) is 10.2. The quantitative estimate of drug-likeness (QED) is 0.304. The van der Waals surface area contributed by atoms with Gasteiger partial charge in [0.2, 0.25) is 0 Å². The Morgan fingerprint density at radius 2 is 1.96 bits per heavy atom. The SMILES string of the molecule is CN=C(NCCCN1CCC(C)CC1)NCc1ccccc1F.I. The van der Waals surface area contributed by atoms with Crippen molar-refractivity contribution in [2.45, 2.75) is 32.7 Å². The molecule has 1 aliphatic rings. The summed E-state index contributed by atoms with van der Waals surface area (Å²) in [5, 5.41) is 6.45. The van der Waals surface area contributed by atoms with Gasteiger partial charge in [-0.1, -0.05) is 25.1 Å². The Hall–Kier alpha value is -0.890. The number of hydrogen-bond acceptors (Lipinski definition) is 2. The molecule has 2 rings (SSSR count). The van der Waals surface area contributed by atoms with Crippen molar-refractivity contribution in [2.24, 2.45) is 10.9 Å². The fourth-order valence-corrected chi connectivity index (χ4v) is 2.84. The fourth-order valence-electron chi connectivity index (χ4n) is 2.84. The number of likely N-dealkylation sites (tertiary alicyclic amines) is 1. The number of nitrogens with one attached hydrogen (secondary N) is 2. The van der Waals surface area contributed by atoms with E-state index >= 15 is 0 Å². The van der Waals surface area contributed by atoms with Crippen LogP contribution in [0.5, 0.6) is 0 Å². The highest BCUT2D eigenvalue weighted by molar-refractivity contribution is 14.0. The van der Waals surface area contributed by atoms with E-state index < -0.39 is 0 Å². The van der Waals surface area contributed by atoms with Crippen LogP contribution in [0, 0.1) is 11.7 Å². The maximum absolute atomic E-state index is 13.6. The number of piperidine rings is 1. The lowest BCUT2D eigenvalue weighted by atomic mass is 9.99. The van der Waals surface area contributed by atoms with Gasteiger partial charge in [-0.05, 0) is 50.9 Å². The van der Waals surface area contributed by atoms with Crippen LogP contribution in [0.25, 0.3) is 0 Å². The second-order valence-electron chi connectivity index (χ2n) is 6.32. The van der Waals surface area contributed by atoms with Gasteiger partial charge in [0.25, 0.3) is 0 Å². The first-order valence-electron chi connectivity index (χ1n) is 8.59. The molecule has 0 spiro atoms. The number of nitrogens with zero attached hydrogens (tertiary/aromatic N) is 2. The maximum Gasteiger partial charge on any atom is 0.191 e. The van der Waals surface area contributed by atoms with Gasteiger partial charge >= 0.3 is 0 Å². The number of guanidine groups is 1. The summed E-state index contributed by atoms with van der Waals surface area (Å²) < 4.78 is 13.6. The molecule has 1 aromatic carbocycles. The second kappa shape index (κ2) is 11.6. The van der Waals surface area contributed by atoms with E-state index in [1.54, 1.807) is 19.2 Å². The van der Waals surface area contributed by atoms with Gasteiger partial charge in [0.1, 0.15) is 5.82 Å². The standard InChI is InChI=1S/C18H29FN4.HI/c1-15-8-12-23(13-9-15)11-5-10-21-18(20-2)22-14-16-6-3-4-7-17(16)19;/h3-4,6-7,15H,5,8-14H2,1-2H3,(H2,20,21,22);1H. The van der Waals surface area contributed by atoms with Gasteiger partial charge in [0.05, 0.1) is 0 Å². The van der Waals surface area contributed by atoms with Crippen LogP contribution < -0.4 is 10.6 Å². The normalized spacial score (nSPS) is 16.5. The Bertz CT molecular complexity index is 502. The predicted molar refractivity (Wildman–Crippen MR) is 109 cm³/mol. The minimum absolute atomic E-state index is 0. The lowest BCUT2D eigenvalue weighted by molar-refractivity contribution is 0.191. The van der Waals surface area contributed by atoms with Crippen molar-refractivity contribution in [3.63, 3.8) is 0 Å². The maximum atomic E-state index is 13.6. The molecule has 1 saturated heterocycles. The zero-order chi connectivity index (χ0) is 16.5. The van der Waals surface area contributed by atoms with Gasteiger partial charge in [-0.2, -0.15) is 0 Å². The molecule has 0 bridgehead atoms. The third-order valence-corrected chi connectivity index (χ3v) is 4.45. The van der Waals surface area contributed by atoms with Gasteiger partial charge in [-0.15, -0.1) is 24.0 Å². The zero-order valence-corrected chi connectivity index (χ0v) is 17.1. The molecule has 1 heterocycles. The van der Waals surface area contributed by atoms with Crippen LogP contribution in [0.2, 0.25) is 0 Å². The van der Waals surface area contributed by atoms with Crippen molar-refractivity contribution in [3.8, 4) is 0 Å². The van der Waals surface area contributed by atoms with E-state index in [2.05, 4.69) is 27.4 Å². The molecule has 0 saturated carbocycles. The first-order valence-corrected chi connectivity index (χ1v) is 8.59. The number of hydrogen-bond donors (Lipinski definition) is 2. The summed E-state index contributed by atoms with van der Waals surface area (Å²) in [7, 11) is 1.74. The molecule has 6 heteroatoms. The van der Waals surface area contributed by atoms with Gasteiger partial charge in [0.15, 0.2) is 5.96 Å². The topological polar surface area (TPSA) is 39.7 Å². The summed E-state index contributed by atoms with van der Waals surface area (Å²) in [6.07, 6.45) is 3.73. The first kappa shape index (κ1) is 21.2. The third kappa shape index (κ3) is 7.34. The van der Waals surface area contributed by atoms with Crippen LogP contribution in [0.3, 0.4) is 0 Å². The summed E-state index contributed by atoms with van der Waals surface area (Å²) in [5.74, 6) is 1.42. The summed E-state index contributed by atoms with van der Waals surface area (Å²) in [5.41, 5.74) is 0.651. The van der Waals surface area contributed by atoms with Crippen LogP contribution in [0.1, 0.15) is 31.7 Å². The molecular weight excluding hydrogens is 418 g/mol. The molecule has 0 aliphatic carbocycles. The van der Waals surface area contributed by atoms with E-state index in [9.17, 15) is 4.39 Å². The monoisotopic (exact) mass is 448 g/mol. The summed E-state index contributed by atoms with van der Waals surface area (Å²) in [6.45, 7) is 7.23. The molecular formula is C18H30FIN4. The van der Waals surface area contributed by atoms with Crippen LogP contribution in [-0.2, 0) is 6.54 Å². The Morgan fingerprint density at radius 1 is 1.25 bits per heavy atom. The van der Waals surface area contributed by atoms with Crippen molar-refractivity contribution in [3.05, 3.63) is 35.6 Å². The Morgan fingerprint density at radius 3 is 2.62 bits per heavy atom. The van der Waals surface area contributed by atoms with Crippen molar-refractivity contribution in [1.82, 2.24) is 15.5 Å². The average Bonchev–Trinajstić information content (AvgIpc) is 2.57. The first-order chi connectivity index (χ1) is 11.2. The van der Waals surface area contributed by atoms with E-state index in [1.807, 2.05) is 6.07 Å². The van der Waals surface area contributed by atoms with Crippen molar-refractivity contribution in [1.29, 1.82) is 0 Å². The minimum atomic E-state index is -0.185. The molecule has 4 nitrogen and oxygen atoms in total. The molecule has 2 N–H and O–H groups in total. The molecule has 0 radical (unpaired) electrons. The van der Waals surface area contributed by atoms with Gasteiger partial charge in [0, 0.05) is 25.7 Å². The lowest BCUT2D eigenvalue weighted by Crippen LogP contribution is -2.39. The highest BCUT2D eigenvalue weighted by atomic mass is 127. The van der Waals surface area contributed by atoms with E-state index in [4.69, 9.17) is 0 Å². The van der Waals surface area contributed by atoms with Crippen molar-refractivity contribution >= 4 is 29.9 Å². The highest BCUT2D eigenvalue weighted by Gasteiger charge is 2.14. The Labute approximate surface area is 162 Å². The van der Waals surface area contributed by atoms with Crippen molar-refractivity contribution < 1.29 is 4.39 Å². The van der Waals surface area contributed by atoms with E-state index in [0.717, 1.165) is 31.4 Å². The Balaban J connectivity index is 0.00000288. The third-order valence-electron chi connectivity index (χ3n) is 4.45. The van der Waals surface area contributed by atoms with Crippen LogP contribution >= 0.6 is 24.0 Å². The van der Waals surface area contributed by atoms with E-state index in [-0.39, 0.29) is 29.8 Å². The highest BCUT2D eigenvalue weighted by Crippen LogP contribution is 2.15. The molecule has 1 aliphatic heterocycles. The number of halogens is 2. The smallest absolute Gasteiger partial charge is 0.191 e. The molecule has 136 valence electrons. The van der Waals surface area contributed by atoms with Gasteiger partial charge in [-0.25, -0.2) is 4.39 Å². The van der Waals surface area contributed by atoms with Crippen molar-refractivity contribution in [2.75, 3.05) is 33.2 Å². The number of rotatable bonds is 6. The minimum Gasteiger partial charge on any atom is -0.356 e. The van der Waals surface area contributed by atoms with Gasteiger partial charge < -0.3 is 15.5 Å². The van der Waals surface area contributed by atoms with Gasteiger partial charge in [-0.3, -0.25) is 4.99 Å². The van der Waals surface area contributed by atoms with Crippen LogP contribution in [-0.4, -0.2) is 44.1 Å². The zero-order valence-electron chi connectivity index (χ0n) is 14.7. The molecule has 0 unspecified atom stereocenters. The molecule has 1 fully saturated rings. The summed E-state index contributed by atoms with van der Waals surface area (Å²) >= 11 is 0. The predicted octanol–water partition coefficient (Wildman–Crippen LogP) is 3.23. The van der Waals surface area contributed by atoms with E-state index in [0.29, 0.717) is 12.1 Å². The molecule has 0 aromatic heterocycles. The molecule has 0 amide bonds. The fraction of sp³-hybridized carbons (Fsp3) is 0.611. The number of aliphatic imine (C=N–C) groups is 1. The molecule has 0 atom stereocenters. The van der Waals surface area contributed by atoms with E-state index in [1.165, 1.54) is 32.0 Å². The largest absolute Gasteiger partial charge is 0.356 e. The van der Waals surface area contributed by atoms with Crippen LogP contribution in [0.4, 0.5) is 4.39 Å². The second-order valence-corrected chi connectivity index (χ2v) is 6.32. The summed E-state index contributed by atoms with van der Waals surface area (Å²) in [6, 6.07) is 6.81. The molecule has 1 aromatic rings. The molecule has 24 heavy (non-hydrogen) atoms. The van der Waals surface area contributed by atoms with Crippen LogP contribution in [0.15, 0.2) is 29.3 Å². The summed E-state index contributed by atoms with van der Waals surface area (Å²) in [4.78, 5) is 6.72.